The summed E-state index contributed by atoms with van der Waals surface area (Å²) in [6, 6.07) is 2.93. The van der Waals surface area contributed by atoms with Crippen molar-refractivity contribution in [3.8, 4) is 0 Å². The van der Waals surface area contributed by atoms with Gasteiger partial charge in [0.2, 0.25) is 0 Å². The Morgan fingerprint density at radius 1 is 1.33 bits per heavy atom. The zero-order valence-electron chi connectivity index (χ0n) is 13.2. The quantitative estimate of drug-likeness (QED) is 0.408. The average molecular weight is 370 g/mol. The first-order chi connectivity index (χ1) is 11.4. The minimum atomic E-state index is -0.707. The first kappa shape index (κ1) is 18.5. The van der Waals surface area contributed by atoms with E-state index in [-0.39, 0.29) is 46.0 Å². The van der Waals surface area contributed by atoms with Crippen molar-refractivity contribution in [1.82, 2.24) is 0 Å². The van der Waals surface area contributed by atoms with Crippen LogP contribution in [-0.2, 0) is 9.53 Å². The van der Waals surface area contributed by atoms with Gasteiger partial charge in [-0.25, -0.2) is 4.79 Å². The van der Waals surface area contributed by atoms with Gasteiger partial charge in [0.05, 0.1) is 29.3 Å². The number of anilines is 1. The van der Waals surface area contributed by atoms with Crippen molar-refractivity contribution >= 4 is 46.5 Å². The summed E-state index contributed by atoms with van der Waals surface area (Å²) in [5, 5.41) is 0.239. The van der Waals surface area contributed by atoms with Crippen molar-refractivity contribution in [3.63, 3.8) is 0 Å². The minimum absolute atomic E-state index is 0.0231. The molecule has 1 aliphatic carbocycles. The van der Waals surface area contributed by atoms with Gasteiger partial charge in [-0.05, 0) is 25.0 Å². The highest BCUT2D eigenvalue weighted by molar-refractivity contribution is 6.44. The third kappa shape index (κ3) is 3.97. The number of methoxy groups -OCH3 is 1. The van der Waals surface area contributed by atoms with E-state index in [1.54, 1.807) is 0 Å². The maximum absolute atomic E-state index is 12.6. The molecule has 1 aliphatic rings. The molecule has 0 aromatic heterocycles. The van der Waals surface area contributed by atoms with E-state index in [1.807, 2.05) is 0 Å². The minimum Gasteiger partial charge on any atom is -0.452 e. The molecule has 0 bridgehead atoms. The number of Topliss-reactive ketones (excluding diaryl/α,β-unsaturated/α-hetero) is 2. The van der Waals surface area contributed by atoms with Gasteiger partial charge in [0.1, 0.15) is 5.78 Å². The Hall–Kier alpha value is -1.85. The van der Waals surface area contributed by atoms with Gasteiger partial charge >= 0.3 is 6.09 Å². The van der Waals surface area contributed by atoms with Gasteiger partial charge in [0.15, 0.2) is 5.78 Å². The molecule has 1 aromatic rings. The molecule has 0 radical (unpaired) electrons. The number of rotatable bonds is 7. The Balaban J connectivity index is 2.44. The number of amides is 1. The monoisotopic (exact) mass is 369 g/mol. The second kappa shape index (κ2) is 7.81. The predicted octanol–water partition coefficient (Wildman–Crippen LogP) is 4.30. The standard InChI is InChI=1S/C17H17Cl2NO4/c1-3-8-20(17(23)24-2)16-11(6-7-12(18)15(16)19)14(22)9-13(21)10-4-5-10/h3,6-7,10H,1,4-5,8-9H2,2H3. The van der Waals surface area contributed by atoms with Gasteiger partial charge in [-0.2, -0.15) is 0 Å². The molecule has 7 heteroatoms. The lowest BCUT2D eigenvalue weighted by Gasteiger charge is -2.23. The van der Waals surface area contributed by atoms with Gasteiger partial charge in [-0.1, -0.05) is 29.3 Å². The highest BCUT2D eigenvalue weighted by Gasteiger charge is 2.32. The van der Waals surface area contributed by atoms with Crippen LogP contribution in [0.15, 0.2) is 24.8 Å². The molecule has 0 aliphatic heterocycles. The number of nitrogens with zero attached hydrogens (tertiary/aromatic N) is 1. The molecule has 0 atom stereocenters. The SMILES string of the molecule is C=CCN(C(=O)OC)c1c(C(=O)CC(=O)C2CC2)ccc(Cl)c1Cl. The number of hydrogen-bond donors (Lipinski definition) is 0. The van der Waals surface area contributed by atoms with E-state index in [4.69, 9.17) is 27.9 Å². The third-order valence-electron chi connectivity index (χ3n) is 3.71. The van der Waals surface area contributed by atoms with Crippen LogP contribution in [0.2, 0.25) is 10.0 Å². The van der Waals surface area contributed by atoms with Crippen molar-refractivity contribution in [2.24, 2.45) is 5.92 Å². The molecule has 1 amide bonds. The van der Waals surface area contributed by atoms with E-state index in [1.165, 1.54) is 25.3 Å². The van der Waals surface area contributed by atoms with E-state index in [0.717, 1.165) is 17.7 Å². The smallest absolute Gasteiger partial charge is 0.414 e. The molecular formula is C17H17Cl2NO4. The lowest BCUT2D eigenvalue weighted by molar-refractivity contribution is -0.119. The second-order valence-corrected chi connectivity index (χ2v) is 6.25. The predicted molar refractivity (Wildman–Crippen MR) is 93.1 cm³/mol. The Labute approximate surface area is 150 Å². The van der Waals surface area contributed by atoms with Crippen molar-refractivity contribution in [2.45, 2.75) is 19.3 Å². The maximum atomic E-state index is 12.6. The fourth-order valence-electron chi connectivity index (χ4n) is 2.33. The van der Waals surface area contributed by atoms with Gasteiger partial charge in [0.25, 0.3) is 0 Å². The van der Waals surface area contributed by atoms with E-state index in [0.29, 0.717) is 0 Å². The summed E-state index contributed by atoms with van der Waals surface area (Å²) in [6.45, 7) is 3.66. The Morgan fingerprint density at radius 3 is 2.54 bits per heavy atom. The van der Waals surface area contributed by atoms with Crippen LogP contribution in [0.1, 0.15) is 29.6 Å². The molecule has 5 nitrogen and oxygen atoms in total. The highest BCUT2D eigenvalue weighted by Crippen LogP contribution is 2.38. The molecule has 0 saturated heterocycles. The summed E-state index contributed by atoms with van der Waals surface area (Å²) in [5.41, 5.74) is 0.287. The number of carbonyl (C=O) groups excluding carboxylic acids is 3. The van der Waals surface area contributed by atoms with E-state index < -0.39 is 11.9 Å². The van der Waals surface area contributed by atoms with Crippen LogP contribution in [0.5, 0.6) is 0 Å². The summed E-state index contributed by atoms with van der Waals surface area (Å²) in [5.74, 6) is -0.520. The summed E-state index contributed by atoms with van der Waals surface area (Å²) in [6.07, 6.45) is 2.19. The lowest BCUT2D eigenvalue weighted by Crippen LogP contribution is -2.32. The summed E-state index contributed by atoms with van der Waals surface area (Å²) >= 11 is 12.3. The summed E-state index contributed by atoms with van der Waals surface area (Å²) < 4.78 is 4.74. The number of hydrogen-bond acceptors (Lipinski definition) is 4. The van der Waals surface area contributed by atoms with Gasteiger partial charge in [0, 0.05) is 18.0 Å². The molecular weight excluding hydrogens is 353 g/mol. The fraction of sp³-hybridized carbons (Fsp3) is 0.353. The van der Waals surface area contributed by atoms with Gasteiger partial charge in [-0.15, -0.1) is 6.58 Å². The highest BCUT2D eigenvalue weighted by atomic mass is 35.5. The molecule has 0 spiro atoms. The normalized spacial score (nSPS) is 13.3. The van der Waals surface area contributed by atoms with Crippen LogP contribution >= 0.6 is 23.2 Å². The summed E-state index contributed by atoms with van der Waals surface area (Å²) in [7, 11) is 1.22. The van der Waals surface area contributed by atoms with Crippen molar-refractivity contribution in [1.29, 1.82) is 0 Å². The average Bonchev–Trinajstić information content (AvgIpc) is 3.39. The van der Waals surface area contributed by atoms with Crippen LogP contribution in [0.3, 0.4) is 0 Å². The van der Waals surface area contributed by atoms with Crippen molar-refractivity contribution in [3.05, 3.63) is 40.4 Å². The molecule has 128 valence electrons. The number of ketones is 2. The number of halogens is 2. The second-order valence-electron chi connectivity index (χ2n) is 5.47. The van der Waals surface area contributed by atoms with Crippen LogP contribution in [0.25, 0.3) is 0 Å². The van der Waals surface area contributed by atoms with Crippen molar-refractivity contribution < 1.29 is 19.1 Å². The van der Waals surface area contributed by atoms with E-state index in [2.05, 4.69) is 6.58 Å². The lowest BCUT2D eigenvalue weighted by atomic mass is 10.0. The molecule has 1 aromatic carbocycles. The van der Waals surface area contributed by atoms with Crippen LogP contribution in [0, 0.1) is 5.92 Å². The molecule has 0 heterocycles. The fourth-order valence-corrected chi connectivity index (χ4v) is 2.75. The van der Waals surface area contributed by atoms with Crippen LogP contribution < -0.4 is 4.90 Å². The van der Waals surface area contributed by atoms with Crippen LogP contribution in [0.4, 0.5) is 10.5 Å². The van der Waals surface area contributed by atoms with E-state index in [9.17, 15) is 14.4 Å². The zero-order valence-corrected chi connectivity index (χ0v) is 14.7. The molecule has 0 N–H and O–H groups in total. The molecule has 0 unspecified atom stereocenters. The first-order valence-corrected chi connectivity index (χ1v) is 8.16. The zero-order chi connectivity index (χ0) is 17.9. The van der Waals surface area contributed by atoms with Crippen LogP contribution in [-0.4, -0.2) is 31.3 Å². The maximum Gasteiger partial charge on any atom is 0.414 e. The van der Waals surface area contributed by atoms with Gasteiger partial charge in [-0.3, -0.25) is 14.5 Å². The largest absolute Gasteiger partial charge is 0.452 e. The molecule has 1 fully saturated rings. The molecule has 24 heavy (non-hydrogen) atoms. The number of carbonyl (C=O) groups is 3. The Kier molecular flexibility index (Phi) is 6.02. The third-order valence-corrected chi connectivity index (χ3v) is 4.51. The Morgan fingerprint density at radius 2 is 2.00 bits per heavy atom. The Bertz CT molecular complexity index is 698. The topological polar surface area (TPSA) is 63.7 Å². The number of benzene rings is 1. The van der Waals surface area contributed by atoms with Gasteiger partial charge < -0.3 is 4.74 Å². The first-order valence-electron chi connectivity index (χ1n) is 7.41. The molecule has 1 saturated carbocycles. The van der Waals surface area contributed by atoms with Crippen molar-refractivity contribution in [2.75, 3.05) is 18.6 Å². The van der Waals surface area contributed by atoms with E-state index >= 15 is 0 Å². The molecule has 2 rings (SSSR count). The summed E-state index contributed by atoms with van der Waals surface area (Å²) in [4.78, 5) is 37.7. The number of ether oxygens (including phenoxy) is 1.